The zero-order chi connectivity index (χ0) is 10.6. The van der Waals surface area contributed by atoms with Crippen LogP contribution in [-0.4, -0.2) is 17.0 Å². The van der Waals surface area contributed by atoms with Crippen LogP contribution in [0.5, 0.6) is 0 Å². The number of hydrogen-bond acceptors (Lipinski definition) is 2. The largest absolute Gasteiger partial charge is 0.327 e. The van der Waals surface area contributed by atoms with E-state index in [1.54, 1.807) is 0 Å². The maximum absolute atomic E-state index is 6.22. The summed E-state index contributed by atoms with van der Waals surface area (Å²) in [5.74, 6) is 2.95. The second-order valence-electron chi connectivity index (χ2n) is 4.91. The molecular weight excluding hydrogens is 190 g/mol. The Bertz CT molecular complexity index is 148. The minimum absolute atomic E-state index is 0.440. The van der Waals surface area contributed by atoms with Crippen LogP contribution in [0.4, 0.5) is 0 Å². The van der Waals surface area contributed by atoms with Gasteiger partial charge in [0, 0.05) is 11.3 Å². The molecule has 1 fully saturated rings. The Hall–Kier alpha value is 0.310. The van der Waals surface area contributed by atoms with Gasteiger partial charge in [-0.05, 0) is 36.9 Å². The molecule has 1 saturated carbocycles. The molecule has 0 aliphatic heterocycles. The smallest absolute Gasteiger partial charge is 0.0224 e. The van der Waals surface area contributed by atoms with Gasteiger partial charge in [0.15, 0.2) is 0 Å². The lowest BCUT2D eigenvalue weighted by molar-refractivity contribution is 0.279. The summed E-state index contributed by atoms with van der Waals surface area (Å²) in [5.41, 5.74) is 6.22. The van der Waals surface area contributed by atoms with Crippen molar-refractivity contribution in [2.24, 2.45) is 17.6 Å². The molecule has 0 radical (unpaired) electrons. The summed E-state index contributed by atoms with van der Waals surface area (Å²) in [7, 11) is 0. The lowest BCUT2D eigenvalue weighted by Gasteiger charge is -2.37. The van der Waals surface area contributed by atoms with E-state index < -0.39 is 0 Å². The van der Waals surface area contributed by atoms with Crippen LogP contribution in [0, 0.1) is 11.8 Å². The molecule has 84 valence electrons. The summed E-state index contributed by atoms with van der Waals surface area (Å²) in [4.78, 5) is 0. The van der Waals surface area contributed by atoms with Gasteiger partial charge in [-0.25, -0.2) is 0 Å². The monoisotopic (exact) mass is 215 g/mol. The second kappa shape index (κ2) is 6.02. The van der Waals surface area contributed by atoms with Gasteiger partial charge in [0.25, 0.3) is 0 Å². The zero-order valence-electron chi connectivity index (χ0n) is 9.83. The highest BCUT2D eigenvalue weighted by Crippen LogP contribution is 2.35. The quantitative estimate of drug-likeness (QED) is 0.728. The lowest BCUT2D eigenvalue weighted by Crippen LogP contribution is -2.43. The first kappa shape index (κ1) is 12.4. The fraction of sp³-hybridized carbons (Fsp3) is 1.00. The second-order valence-corrected chi connectivity index (χ2v) is 6.19. The number of thioether (sulfide) groups is 1. The van der Waals surface area contributed by atoms with Crippen molar-refractivity contribution in [1.82, 2.24) is 0 Å². The van der Waals surface area contributed by atoms with Gasteiger partial charge in [-0.2, -0.15) is 11.8 Å². The molecule has 0 aromatic heterocycles. The van der Waals surface area contributed by atoms with E-state index in [1.807, 2.05) is 0 Å². The third-order valence-corrected chi connectivity index (χ3v) is 4.96. The topological polar surface area (TPSA) is 26.0 Å². The molecular formula is C12H25NS. The molecule has 1 rings (SSSR count). The highest BCUT2D eigenvalue weighted by atomic mass is 32.2. The van der Waals surface area contributed by atoms with Crippen LogP contribution in [0.25, 0.3) is 0 Å². The Morgan fingerprint density at radius 3 is 2.57 bits per heavy atom. The molecule has 14 heavy (non-hydrogen) atoms. The summed E-state index contributed by atoms with van der Waals surface area (Å²) >= 11 is 2.12. The Morgan fingerprint density at radius 2 is 2.00 bits per heavy atom. The van der Waals surface area contributed by atoms with E-state index in [2.05, 4.69) is 32.5 Å². The molecule has 4 atom stereocenters. The maximum atomic E-state index is 6.22. The summed E-state index contributed by atoms with van der Waals surface area (Å²) in [5, 5.41) is 0.720. The fourth-order valence-corrected chi connectivity index (χ4v) is 4.06. The summed E-state index contributed by atoms with van der Waals surface area (Å²) < 4.78 is 0. The van der Waals surface area contributed by atoms with Crippen LogP contribution in [0.15, 0.2) is 0 Å². The fourth-order valence-electron chi connectivity index (χ4n) is 2.54. The van der Waals surface area contributed by atoms with Gasteiger partial charge >= 0.3 is 0 Å². The predicted molar refractivity (Wildman–Crippen MR) is 66.7 cm³/mol. The molecule has 0 amide bonds. The average molecular weight is 215 g/mol. The highest BCUT2D eigenvalue weighted by molar-refractivity contribution is 7.99. The van der Waals surface area contributed by atoms with Gasteiger partial charge < -0.3 is 5.73 Å². The normalized spacial score (nSPS) is 38.6. The van der Waals surface area contributed by atoms with Crippen LogP contribution in [0.2, 0.25) is 0 Å². The number of nitrogens with two attached hydrogens (primary N) is 1. The standard InChI is InChI=1S/C12H25NS/c1-4-5-6-14-12-10(3)7-9(2)8-11(12)13/h9-12H,4-8,13H2,1-3H3. The molecule has 0 heterocycles. The molecule has 1 aliphatic rings. The molecule has 0 spiro atoms. The number of hydrogen-bond donors (Lipinski definition) is 1. The van der Waals surface area contributed by atoms with Crippen LogP contribution >= 0.6 is 11.8 Å². The average Bonchev–Trinajstić information content (AvgIpc) is 2.09. The van der Waals surface area contributed by atoms with Crippen LogP contribution < -0.4 is 5.73 Å². The molecule has 0 saturated heterocycles. The number of rotatable bonds is 4. The lowest BCUT2D eigenvalue weighted by atomic mass is 9.80. The van der Waals surface area contributed by atoms with Gasteiger partial charge in [-0.1, -0.05) is 27.2 Å². The van der Waals surface area contributed by atoms with E-state index in [4.69, 9.17) is 5.73 Å². The van der Waals surface area contributed by atoms with Crippen LogP contribution in [-0.2, 0) is 0 Å². The zero-order valence-corrected chi connectivity index (χ0v) is 10.6. The first-order valence-electron chi connectivity index (χ1n) is 6.02. The van der Waals surface area contributed by atoms with Gasteiger partial charge in [-0.15, -0.1) is 0 Å². The van der Waals surface area contributed by atoms with Crippen molar-refractivity contribution in [2.75, 3.05) is 5.75 Å². The van der Waals surface area contributed by atoms with E-state index in [-0.39, 0.29) is 0 Å². The summed E-state index contributed by atoms with van der Waals surface area (Å²) in [6, 6.07) is 0.440. The van der Waals surface area contributed by atoms with Crippen molar-refractivity contribution < 1.29 is 0 Å². The van der Waals surface area contributed by atoms with E-state index in [9.17, 15) is 0 Å². The predicted octanol–water partition coefficient (Wildman–Crippen LogP) is 3.28. The summed E-state index contributed by atoms with van der Waals surface area (Å²) in [6.45, 7) is 6.97. The first-order valence-corrected chi connectivity index (χ1v) is 7.07. The van der Waals surface area contributed by atoms with E-state index in [1.165, 1.54) is 31.4 Å². The molecule has 4 unspecified atom stereocenters. The minimum atomic E-state index is 0.440. The third-order valence-electron chi connectivity index (χ3n) is 3.24. The Balaban J connectivity index is 2.34. The highest BCUT2D eigenvalue weighted by Gasteiger charge is 2.31. The maximum Gasteiger partial charge on any atom is 0.0224 e. The molecule has 1 nitrogen and oxygen atoms in total. The minimum Gasteiger partial charge on any atom is -0.327 e. The molecule has 0 bridgehead atoms. The van der Waals surface area contributed by atoms with Crippen molar-refractivity contribution in [1.29, 1.82) is 0 Å². The van der Waals surface area contributed by atoms with E-state index in [0.717, 1.165) is 17.1 Å². The van der Waals surface area contributed by atoms with E-state index >= 15 is 0 Å². The van der Waals surface area contributed by atoms with Gasteiger partial charge in [-0.3, -0.25) is 0 Å². The van der Waals surface area contributed by atoms with Crippen LogP contribution in [0.1, 0.15) is 46.5 Å². The SMILES string of the molecule is CCCCSC1C(C)CC(C)CC1N. The van der Waals surface area contributed by atoms with Crippen LogP contribution in [0.3, 0.4) is 0 Å². The molecule has 2 heteroatoms. The Morgan fingerprint density at radius 1 is 1.29 bits per heavy atom. The van der Waals surface area contributed by atoms with Gasteiger partial charge in [0.2, 0.25) is 0 Å². The van der Waals surface area contributed by atoms with Crippen molar-refractivity contribution >= 4 is 11.8 Å². The summed E-state index contributed by atoms with van der Waals surface area (Å²) in [6.07, 6.45) is 5.25. The van der Waals surface area contributed by atoms with E-state index in [0.29, 0.717) is 6.04 Å². The van der Waals surface area contributed by atoms with Crippen molar-refractivity contribution in [2.45, 2.75) is 57.7 Å². The first-order chi connectivity index (χ1) is 6.65. The van der Waals surface area contributed by atoms with Crippen molar-refractivity contribution in [3.63, 3.8) is 0 Å². The Kier molecular flexibility index (Phi) is 5.32. The third kappa shape index (κ3) is 3.47. The van der Waals surface area contributed by atoms with Gasteiger partial charge in [0.05, 0.1) is 0 Å². The Labute approximate surface area is 93.2 Å². The van der Waals surface area contributed by atoms with Crippen molar-refractivity contribution in [3.05, 3.63) is 0 Å². The van der Waals surface area contributed by atoms with Gasteiger partial charge in [0.1, 0.15) is 0 Å². The molecule has 2 N–H and O–H groups in total. The molecule has 0 aromatic rings. The number of unbranched alkanes of at least 4 members (excludes halogenated alkanes) is 1. The molecule has 1 aliphatic carbocycles. The van der Waals surface area contributed by atoms with Crippen molar-refractivity contribution in [3.8, 4) is 0 Å². The molecule has 0 aromatic carbocycles.